The van der Waals surface area contributed by atoms with Crippen LogP contribution in [0.2, 0.25) is 5.02 Å². The largest absolute Gasteiger partial charge is 0.392 e. The van der Waals surface area contributed by atoms with Gasteiger partial charge in [0.05, 0.1) is 11.1 Å². The Morgan fingerprint density at radius 2 is 1.93 bits per heavy atom. The van der Waals surface area contributed by atoms with Crippen LogP contribution >= 0.6 is 11.6 Å². The molecule has 2 aliphatic carbocycles. The van der Waals surface area contributed by atoms with E-state index in [1.54, 1.807) is 6.07 Å². The van der Waals surface area contributed by atoms with Gasteiger partial charge in [-0.2, -0.15) is 0 Å². The minimum atomic E-state index is -0.495. The number of hydrogen-bond donors (Lipinski definition) is 2. The zero-order chi connectivity index (χ0) is 29.3. The summed E-state index contributed by atoms with van der Waals surface area (Å²) in [6, 6.07) is 14.2. The summed E-state index contributed by atoms with van der Waals surface area (Å²) < 4.78 is 13.7. The van der Waals surface area contributed by atoms with E-state index in [0.717, 1.165) is 51.9 Å². The molecule has 1 heterocycles. The molecule has 41 heavy (non-hydrogen) atoms. The molecule has 0 spiro atoms. The molecular weight excluding hydrogens is 539 g/mol. The number of likely N-dealkylation sites (tertiary alicyclic amines) is 1. The van der Waals surface area contributed by atoms with Crippen LogP contribution in [0.1, 0.15) is 70.9 Å². The molecule has 3 aliphatic rings. The monoisotopic (exact) mass is 584 g/mol. The van der Waals surface area contributed by atoms with Gasteiger partial charge in [0, 0.05) is 56.5 Å². The number of benzene rings is 2. The lowest BCUT2D eigenvalue weighted by Crippen LogP contribution is -2.50. The Morgan fingerprint density at radius 3 is 2.59 bits per heavy atom. The molecule has 1 unspecified atom stereocenters. The Labute approximate surface area is 249 Å². The third-order valence-electron chi connectivity index (χ3n) is 9.67. The maximum Gasteiger partial charge on any atom is 0.322 e. The van der Waals surface area contributed by atoms with Crippen molar-refractivity contribution in [2.45, 2.75) is 96.0 Å². The lowest BCUT2D eigenvalue weighted by atomic mass is 9.80. The number of rotatable bonds is 10. The van der Waals surface area contributed by atoms with Gasteiger partial charge in [0.2, 0.25) is 0 Å². The molecule has 2 aromatic carbocycles. The number of carbonyl (C=O) groups excluding carboxylic acids is 1. The SMILES string of the molecule is CC(C)N(CCN(C(=O)Nc1ccc(F)c(Cl)c1)[C@@H]1CC[C@]2(c3cccc(CN4CC[C@H](O)C4)c3)CC2C1)C(C)C. The van der Waals surface area contributed by atoms with Gasteiger partial charge in [-0.05, 0) is 100 Å². The Balaban J connectivity index is 1.28. The normalized spacial score (nSPS) is 26.0. The van der Waals surface area contributed by atoms with Gasteiger partial charge in [0.25, 0.3) is 0 Å². The van der Waals surface area contributed by atoms with Crippen LogP contribution in [0.15, 0.2) is 42.5 Å². The zero-order valence-corrected chi connectivity index (χ0v) is 25.7. The Hall–Kier alpha value is -2.19. The number of β-amino-alcohol motifs (C(OH)–C–C–N with tert-alkyl or cyclic N) is 1. The number of hydrogen-bond acceptors (Lipinski definition) is 4. The van der Waals surface area contributed by atoms with Crippen molar-refractivity contribution in [3.05, 3.63) is 64.4 Å². The first-order chi connectivity index (χ1) is 19.6. The molecule has 3 fully saturated rings. The van der Waals surface area contributed by atoms with Crippen LogP contribution in [0.25, 0.3) is 0 Å². The van der Waals surface area contributed by atoms with Gasteiger partial charge in [-0.25, -0.2) is 9.18 Å². The quantitative estimate of drug-likeness (QED) is 0.334. The molecule has 2 saturated carbocycles. The molecular formula is C33H46ClFN4O2. The van der Waals surface area contributed by atoms with Crippen molar-refractivity contribution in [3.8, 4) is 0 Å². The third kappa shape index (κ3) is 6.90. The number of amides is 2. The van der Waals surface area contributed by atoms with Crippen molar-refractivity contribution < 1.29 is 14.3 Å². The maximum atomic E-state index is 13.7. The van der Waals surface area contributed by atoms with Crippen LogP contribution in [0.5, 0.6) is 0 Å². The number of urea groups is 1. The van der Waals surface area contributed by atoms with Crippen molar-refractivity contribution in [3.63, 3.8) is 0 Å². The summed E-state index contributed by atoms with van der Waals surface area (Å²) in [6.07, 6.45) is 4.84. The fraction of sp³-hybridized carbons (Fsp3) is 0.606. The van der Waals surface area contributed by atoms with Crippen LogP contribution in [0.3, 0.4) is 0 Å². The standard InChI is InChI=1S/C33H46ClFN4O2/c1-22(2)38(23(3)4)14-15-39(32(41)36-27-8-9-31(35)30(34)18-27)28-10-12-33(19-26(33)17-28)25-7-5-6-24(16-25)20-37-13-11-29(40)21-37/h5-9,16,18,22-23,26,28-29,40H,10-15,17,19-21H2,1-4H3,(H,36,41)/t26?,28-,29+,33-/m1/s1. The Morgan fingerprint density at radius 1 is 1.15 bits per heavy atom. The number of anilines is 1. The first-order valence-corrected chi connectivity index (χ1v) is 15.7. The second-order valence-electron chi connectivity index (χ2n) is 13.0. The van der Waals surface area contributed by atoms with Gasteiger partial charge >= 0.3 is 6.03 Å². The van der Waals surface area contributed by atoms with Crippen LogP contribution < -0.4 is 5.32 Å². The summed E-state index contributed by atoms with van der Waals surface area (Å²) >= 11 is 6.00. The van der Waals surface area contributed by atoms with E-state index in [4.69, 9.17) is 11.6 Å². The fourth-order valence-electron chi connectivity index (χ4n) is 7.40. The lowest BCUT2D eigenvalue weighted by Gasteiger charge is -2.39. The highest BCUT2D eigenvalue weighted by molar-refractivity contribution is 6.31. The summed E-state index contributed by atoms with van der Waals surface area (Å²) in [7, 11) is 0. The summed E-state index contributed by atoms with van der Waals surface area (Å²) in [5.41, 5.74) is 3.47. The minimum Gasteiger partial charge on any atom is -0.392 e. The van der Waals surface area contributed by atoms with Crippen LogP contribution in [0, 0.1) is 11.7 Å². The summed E-state index contributed by atoms with van der Waals surface area (Å²) in [5.74, 6) is 0.0671. The summed E-state index contributed by atoms with van der Waals surface area (Å²) in [4.78, 5) is 20.5. The molecule has 0 bridgehead atoms. The number of aliphatic hydroxyl groups is 1. The average molecular weight is 585 g/mol. The first kappa shape index (κ1) is 30.3. The van der Waals surface area contributed by atoms with Gasteiger partial charge in [0.1, 0.15) is 5.82 Å². The molecule has 0 aromatic heterocycles. The molecule has 5 rings (SSSR count). The zero-order valence-electron chi connectivity index (χ0n) is 25.0. The second kappa shape index (κ2) is 12.6. The molecule has 4 atom stereocenters. The van der Waals surface area contributed by atoms with Gasteiger partial charge in [-0.1, -0.05) is 35.9 Å². The number of aliphatic hydroxyl groups excluding tert-OH is 1. The molecule has 1 aliphatic heterocycles. The van der Waals surface area contributed by atoms with Crippen molar-refractivity contribution in [1.82, 2.24) is 14.7 Å². The molecule has 6 nitrogen and oxygen atoms in total. The number of carbonyl (C=O) groups is 1. The van der Waals surface area contributed by atoms with E-state index < -0.39 is 5.82 Å². The number of halogens is 2. The van der Waals surface area contributed by atoms with E-state index in [0.29, 0.717) is 30.2 Å². The maximum absolute atomic E-state index is 13.7. The fourth-order valence-corrected chi connectivity index (χ4v) is 7.58. The van der Waals surface area contributed by atoms with Crippen LogP contribution in [0.4, 0.5) is 14.9 Å². The van der Waals surface area contributed by atoms with Crippen LogP contribution in [-0.2, 0) is 12.0 Å². The van der Waals surface area contributed by atoms with Gasteiger partial charge < -0.3 is 15.3 Å². The third-order valence-corrected chi connectivity index (χ3v) is 9.96. The predicted molar refractivity (Wildman–Crippen MR) is 164 cm³/mol. The van der Waals surface area contributed by atoms with E-state index in [-0.39, 0.29) is 28.6 Å². The van der Waals surface area contributed by atoms with Crippen molar-refractivity contribution >= 4 is 23.3 Å². The Bertz CT molecular complexity index is 1220. The number of nitrogens with zero attached hydrogens (tertiary/aromatic N) is 3. The summed E-state index contributed by atoms with van der Waals surface area (Å²) in [5, 5.41) is 12.9. The van der Waals surface area contributed by atoms with E-state index in [1.807, 2.05) is 4.90 Å². The highest BCUT2D eigenvalue weighted by Crippen LogP contribution is 2.63. The highest BCUT2D eigenvalue weighted by atomic mass is 35.5. The summed E-state index contributed by atoms with van der Waals surface area (Å²) in [6.45, 7) is 12.8. The molecule has 1 saturated heterocycles. The molecule has 2 aromatic rings. The van der Waals surface area contributed by atoms with Gasteiger partial charge in [-0.3, -0.25) is 9.80 Å². The number of fused-ring (bicyclic) bond motifs is 1. The highest BCUT2D eigenvalue weighted by Gasteiger charge is 2.58. The lowest BCUT2D eigenvalue weighted by molar-refractivity contribution is 0.120. The first-order valence-electron chi connectivity index (χ1n) is 15.3. The average Bonchev–Trinajstić information content (AvgIpc) is 3.53. The molecule has 0 radical (unpaired) electrons. The van der Waals surface area contributed by atoms with Gasteiger partial charge in [0.15, 0.2) is 0 Å². The van der Waals surface area contributed by atoms with Crippen LogP contribution in [-0.4, -0.2) is 76.2 Å². The molecule has 2 N–H and O–H groups in total. The second-order valence-corrected chi connectivity index (χ2v) is 13.4. The van der Waals surface area contributed by atoms with E-state index in [9.17, 15) is 14.3 Å². The molecule has 2 amide bonds. The van der Waals surface area contributed by atoms with Crippen molar-refractivity contribution in [2.75, 3.05) is 31.5 Å². The minimum absolute atomic E-state index is 0.00344. The Kier molecular flexibility index (Phi) is 9.29. The predicted octanol–water partition coefficient (Wildman–Crippen LogP) is 6.51. The molecule has 8 heteroatoms. The molecule has 224 valence electrons. The van der Waals surface area contributed by atoms with Crippen molar-refractivity contribution in [1.29, 1.82) is 0 Å². The van der Waals surface area contributed by atoms with E-state index in [1.165, 1.54) is 29.7 Å². The smallest absolute Gasteiger partial charge is 0.322 e. The van der Waals surface area contributed by atoms with E-state index >= 15 is 0 Å². The van der Waals surface area contributed by atoms with E-state index in [2.05, 4.69) is 67.1 Å². The van der Waals surface area contributed by atoms with Gasteiger partial charge in [-0.15, -0.1) is 0 Å². The van der Waals surface area contributed by atoms with Crippen molar-refractivity contribution in [2.24, 2.45) is 5.92 Å². The number of nitrogens with one attached hydrogen (secondary N) is 1. The topological polar surface area (TPSA) is 59.0 Å².